The first-order chi connectivity index (χ1) is 12.0. The summed E-state index contributed by atoms with van der Waals surface area (Å²) in [5, 5.41) is 3.89. The number of carbonyl (C=O) groups is 1. The first-order valence-corrected chi connectivity index (χ1v) is 7.94. The number of hydrogen-bond acceptors (Lipinski definition) is 4. The number of nitrogens with one attached hydrogen (secondary N) is 1. The maximum absolute atomic E-state index is 12.9. The molecule has 0 unspecified atom stereocenters. The number of aromatic nitrogens is 1. The van der Waals surface area contributed by atoms with Crippen LogP contribution in [0.15, 0.2) is 42.5 Å². The van der Waals surface area contributed by atoms with Gasteiger partial charge in [0.2, 0.25) is 0 Å². The van der Waals surface area contributed by atoms with Crippen molar-refractivity contribution in [2.24, 2.45) is 0 Å². The van der Waals surface area contributed by atoms with Crippen molar-refractivity contribution < 1.29 is 14.3 Å². The second-order valence-electron chi connectivity index (χ2n) is 5.73. The lowest BCUT2D eigenvalue weighted by Gasteiger charge is -2.15. The van der Waals surface area contributed by atoms with Gasteiger partial charge in [-0.3, -0.25) is 9.78 Å². The molecule has 0 bridgehead atoms. The molecule has 128 valence electrons. The van der Waals surface area contributed by atoms with Gasteiger partial charge >= 0.3 is 0 Å². The number of ether oxygens (including phenoxy) is 2. The van der Waals surface area contributed by atoms with Crippen LogP contribution in [-0.2, 0) is 0 Å². The highest BCUT2D eigenvalue weighted by atomic mass is 16.5. The van der Waals surface area contributed by atoms with Crippen LogP contribution >= 0.6 is 0 Å². The third kappa shape index (κ3) is 3.13. The van der Waals surface area contributed by atoms with E-state index in [1.807, 2.05) is 38.1 Å². The van der Waals surface area contributed by atoms with Gasteiger partial charge in [-0.2, -0.15) is 0 Å². The van der Waals surface area contributed by atoms with E-state index in [0.717, 1.165) is 16.5 Å². The van der Waals surface area contributed by atoms with Gasteiger partial charge in [0.15, 0.2) is 0 Å². The van der Waals surface area contributed by atoms with Crippen molar-refractivity contribution in [1.29, 1.82) is 0 Å². The number of carbonyl (C=O) groups excluding carboxylic acids is 1. The number of nitrogens with zero attached hydrogens (tertiary/aromatic N) is 1. The average Bonchev–Trinajstić information content (AvgIpc) is 2.62. The van der Waals surface area contributed by atoms with Gasteiger partial charge in [-0.15, -0.1) is 0 Å². The normalized spacial score (nSPS) is 10.6. The Labute approximate surface area is 146 Å². The minimum atomic E-state index is -0.211. The van der Waals surface area contributed by atoms with Gasteiger partial charge in [-0.1, -0.05) is 18.2 Å². The van der Waals surface area contributed by atoms with Crippen molar-refractivity contribution in [3.05, 3.63) is 59.3 Å². The number of para-hydroxylation sites is 1. The molecule has 0 fully saturated rings. The Morgan fingerprint density at radius 3 is 2.52 bits per heavy atom. The Balaban J connectivity index is 2.01. The van der Waals surface area contributed by atoms with E-state index in [1.54, 1.807) is 32.4 Å². The summed E-state index contributed by atoms with van der Waals surface area (Å²) in [6.07, 6.45) is 0. The fraction of sp³-hybridized carbons (Fsp3) is 0.200. The Kier molecular flexibility index (Phi) is 4.57. The predicted molar refractivity (Wildman–Crippen MR) is 98.7 cm³/mol. The Hall–Kier alpha value is -3.08. The molecule has 5 nitrogen and oxygen atoms in total. The molecule has 0 aliphatic rings. The second kappa shape index (κ2) is 6.81. The molecule has 0 saturated carbocycles. The molecule has 0 aliphatic carbocycles. The fourth-order valence-corrected chi connectivity index (χ4v) is 2.95. The fourth-order valence-electron chi connectivity index (χ4n) is 2.95. The molecule has 0 aliphatic heterocycles. The van der Waals surface area contributed by atoms with Crippen LogP contribution in [0.3, 0.4) is 0 Å². The minimum absolute atomic E-state index is 0.211. The number of hydrogen-bond donors (Lipinski definition) is 1. The largest absolute Gasteiger partial charge is 0.497 e. The van der Waals surface area contributed by atoms with E-state index < -0.39 is 0 Å². The standard InChI is InChI=1S/C20H20N2O3/c1-12-15-7-5-6-8-16(15)21-13(2)19(12)20(23)22-17-10-9-14(24-3)11-18(17)25-4/h5-11H,1-4H3,(H,22,23). The molecule has 2 aromatic carbocycles. The highest BCUT2D eigenvalue weighted by Crippen LogP contribution is 2.30. The second-order valence-corrected chi connectivity index (χ2v) is 5.73. The zero-order chi connectivity index (χ0) is 18.0. The van der Waals surface area contributed by atoms with Crippen LogP contribution in [0.5, 0.6) is 11.5 Å². The highest BCUT2D eigenvalue weighted by Gasteiger charge is 2.18. The van der Waals surface area contributed by atoms with Gasteiger partial charge in [0.1, 0.15) is 11.5 Å². The molecule has 1 heterocycles. The Bertz CT molecular complexity index is 951. The molecule has 5 heteroatoms. The van der Waals surface area contributed by atoms with Crippen LogP contribution in [0.2, 0.25) is 0 Å². The van der Waals surface area contributed by atoms with Crippen molar-refractivity contribution in [1.82, 2.24) is 4.98 Å². The van der Waals surface area contributed by atoms with Crippen LogP contribution in [0.4, 0.5) is 5.69 Å². The van der Waals surface area contributed by atoms with Crippen molar-refractivity contribution in [3.63, 3.8) is 0 Å². The lowest BCUT2D eigenvalue weighted by atomic mass is 10.0. The van der Waals surface area contributed by atoms with Gasteiger partial charge in [0.25, 0.3) is 5.91 Å². The summed E-state index contributed by atoms with van der Waals surface area (Å²) >= 11 is 0. The van der Waals surface area contributed by atoms with E-state index in [2.05, 4.69) is 10.3 Å². The molecule has 1 aromatic heterocycles. The van der Waals surface area contributed by atoms with Gasteiger partial charge in [0.05, 0.1) is 36.7 Å². The first kappa shape index (κ1) is 16.8. The number of fused-ring (bicyclic) bond motifs is 1. The van der Waals surface area contributed by atoms with E-state index in [-0.39, 0.29) is 5.91 Å². The third-order valence-corrected chi connectivity index (χ3v) is 4.22. The molecule has 0 spiro atoms. The van der Waals surface area contributed by atoms with Crippen molar-refractivity contribution in [2.45, 2.75) is 13.8 Å². The lowest BCUT2D eigenvalue weighted by molar-refractivity contribution is 0.102. The average molecular weight is 336 g/mol. The van der Waals surface area contributed by atoms with Gasteiger partial charge in [-0.25, -0.2) is 0 Å². The number of anilines is 1. The summed E-state index contributed by atoms with van der Waals surface area (Å²) < 4.78 is 10.5. The van der Waals surface area contributed by atoms with Crippen LogP contribution in [0.25, 0.3) is 10.9 Å². The number of pyridine rings is 1. The molecular weight excluding hydrogens is 316 g/mol. The third-order valence-electron chi connectivity index (χ3n) is 4.22. The predicted octanol–water partition coefficient (Wildman–Crippen LogP) is 4.12. The van der Waals surface area contributed by atoms with Crippen molar-refractivity contribution in [2.75, 3.05) is 19.5 Å². The maximum atomic E-state index is 12.9. The van der Waals surface area contributed by atoms with Crippen molar-refractivity contribution in [3.8, 4) is 11.5 Å². The molecule has 3 rings (SSSR count). The molecule has 1 N–H and O–H groups in total. The number of rotatable bonds is 4. The quantitative estimate of drug-likeness (QED) is 0.778. The van der Waals surface area contributed by atoms with Gasteiger partial charge in [0, 0.05) is 11.5 Å². The SMILES string of the molecule is COc1ccc(NC(=O)c2c(C)nc3ccccc3c2C)c(OC)c1. The zero-order valence-corrected chi connectivity index (χ0v) is 14.7. The summed E-state index contributed by atoms with van der Waals surface area (Å²) in [4.78, 5) is 17.4. The van der Waals surface area contributed by atoms with E-state index >= 15 is 0 Å². The van der Waals surface area contributed by atoms with Gasteiger partial charge < -0.3 is 14.8 Å². The Morgan fingerprint density at radius 2 is 1.80 bits per heavy atom. The summed E-state index contributed by atoms with van der Waals surface area (Å²) in [6, 6.07) is 13.1. The molecule has 0 radical (unpaired) electrons. The monoisotopic (exact) mass is 336 g/mol. The van der Waals surface area contributed by atoms with E-state index in [4.69, 9.17) is 9.47 Å². The number of aryl methyl sites for hydroxylation is 2. The van der Waals surface area contributed by atoms with Crippen LogP contribution in [0.1, 0.15) is 21.6 Å². The topological polar surface area (TPSA) is 60.5 Å². The molecular formula is C20H20N2O3. The summed E-state index contributed by atoms with van der Waals surface area (Å²) in [5.74, 6) is 0.989. The molecule has 25 heavy (non-hydrogen) atoms. The van der Waals surface area contributed by atoms with Crippen LogP contribution in [0, 0.1) is 13.8 Å². The number of benzene rings is 2. The highest BCUT2D eigenvalue weighted by molar-refractivity contribution is 6.09. The van der Waals surface area contributed by atoms with Crippen LogP contribution in [-0.4, -0.2) is 25.1 Å². The van der Waals surface area contributed by atoms with Crippen molar-refractivity contribution >= 4 is 22.5 Å². The smallest absolute Gasteiger partial charge is 0.257 e. The first-order valence-electron chi connectivity index (χ1n) is 7.94. The van der Waals surface area contributed by atoms with E-state index in [9.17, 15) is 4.79 Å². The van der Waals surface area contributed by atoms with E-state index in [0.29, 0.717) is 28.4 Å². The maximum Gasteiger partial charge on any atom is 0.257 e. The number of methoxy groups -OCH3 is 2. The molecule has 0 saturated heterocycles. The van der Waals surface area contributed by atoms with Gasteiger partial charge in [-0.05, 0) is 37.6 Å². The molecule has 3 aromatic rings. The molecule has 1 amide bonds. The minimum Gasteiger partial charge on any atom is -0.497 e. The number of amides is 1. The van der Waals surface area contributed by atoms with Crippen LogP contribution < -0.4 is 14.8 Å². The Morgan fingerprint density at radius 1 is 1.04 bits per heavy atom. The lowest BCUT2D eigenvalue weighted by Crippen LogP contribution is -2.16. The molecule has 0 atom stereocenters. The summed E-state index contributed by atoms with van der Waals surface area (Å²) in [6.45, 7) is 3.79. The van der Waals surface area contributed by atoms with E-state index in [1.165, 1.54) is 0 Å². The zero-order valence-electron chi connectivity index (χ0n) is 14.7. The summed E-state index contributed by atoms with van der Waals surface area (Å²) in [5.41, 5.74) is 3.65. The summed E-state index contributed by atoms with van der Waals surface area (Å²) in [7, 11) is 3.14.